The van der Waals surface area contributed by atoms with Crippen molar-refractivity contribution < 1.29 is 9.59 Å². The van der Waals surface area contributed by atoms with E-state index in [-0.39, 0.29) is 11.8 Å². The highest BCUT2D eigenvalue weighted by molar-refractivity contribution is 7.17. The molecule has 1 aromatic carbocycles. The van der Waals surface area contributed by atoms with Gasteiger partial charge in [-0.25, -0.2) is 0 Å². The van der Waals surface area contributed by atoms with E-state index in [1.54, 1.807) is 31.3 Å². The summed E-state index contributed by atoms with van der Waals surface area (Å²) in [7, 11) is 1.61. The topological polar surface area (TPSA) is 58.2 Å². The standard InChI is InChI=1S/C18H19ClN2O2S/c1-20-17(23)15-12-8-3-2-4-10-14(12)24-18(15)21-16(22)11-7-5-6-9-13(11)19/h5-7,9H,2-4,8,10H2,1H3,(H,20,23)(H,21,22). The van der Waals surface area contributed by atoms with Crippen LogP contribution in [0.5, 0.6) is 0 Å². The van der Waals surface area contributed by atoms with E-state index < -0.39 is 0 Å². The molecule has 0 aliphatic heterocycles. The van der Waals surface area contributed by atoms with Crippen LogP contribution in [0.2, 0.25) is 5.02 Å². The Bertz CT molecular complexity index is 785. The Labute approximate surface area is 150 Å². The van der Waals surface area contributed by atoms with Gasteiger partial charge < -0.3 is 10.6 Å². The van der Waals surface area contributed by atoms with Crippen LogP contribution < -0.4 is 10.6 Å². The Morgan fingerprint density at radius 1 is 1.08 bits per heavy atom. The lowest BCUT2D eigenvalue weighted by molar-refractivity contribution is 0.0963. The Hall–Kier alpha value is -1.85. The molecule has 0 fully saturated rings. The number of amides is 2. The van der Waals surface area contributed by atoms with Crippen molar-refractivity contribution in [1.29, 1.82) is 0 Å². The highest BCUT2D eigenvalue weighted by Crippen LogP contribution is 2.37. The van der Waals surface area contributed by atoms with Crippen LogP contribution in [-0.2, 0) is 12.8 Å². The number of fused-ring (bicyclic) bond motifs is 1. The molecule has 2 N–H and O–H groups in total. The number of anilines is 1. The third-order valence-electron chi connectivity index (χ3n) is 4.22. The van der Waals surface area contributed by atoms with Crippen molar-refractivity contribution in [3.05, 3.63) is 50.9 Å². The molecule has 1 aliphatic rings. The molecule has 0 bridgehead atoms. The summed E-state index contributed by atoms with van der Waals surface area (Å²) < 4.78 is 0. The first-order valence-electron chi connectivity index (χ1n) is 8.04. The molecule has 1 aliphatic carbocycles. The lowest BCUT2D eigenvalue weighted by Crippen LogP contribution is -2.21. The fourth-order valence-corrected chi connectivity index (χ4v) is 4.52. The van der Waals surface area contributed by atoms with E-state index in [0.717, 1.165) is 31.2 Å². The van der Waals surface area contributed by atoms with Crippen LogP contribution in [0.25, 0.3) is 0 Å². The molecule has 1 heterocycles. The molecule has 0 unspecified atom stereocenters. The van der Waals surface area contributed by atoms with Crippen molar-refractivity contribution in [2.45, 2.75) is 32.1 Å². The molecular weight excluding hydrogens is 344 g/mol. The fraction of sp³-hybridized carbons (Fsp3) is 0.333. The first-order valence-corrected chi connectivity index (χ1v) is 9.23. The SMILES string of the molecule is CNC(=O)c1c(NC(=O)c2ccccc2Cl)sc2c1CCCCC2. The third-order valence-corrected chi connectivity index (χ3v) is 5.76. The van der Waals surface area contributed by atoms with Crippen LogP contribution in [0.3, 0.4) is 0 Å². The zero-order chi connectivity index (χ0) is 17.1. The molecule has 0 radical (unpaired) electrons. The van der Waals surface area contributed by atoms with Gasteiger partial charge in [-0.15, -0.1) is 11.3 Å². The zero-order valence-electron chi connectivity index (χ0n) is 13.4. The Balaban J connectivity index is 1.97. The molecule has 0 saturated heterocycles. The number of thiophene rings is 1. The van der Waals surface area contributed by atoms with Crippen LogP contribution >= 0.6 is 22.9 Å². The molecule has 126 valence electrons. The molecule has 1 aromatic heterocycles. The van der Waals surface area contributed by atoms with E-state index >= 15 is 0 Å². The first-order chi connectivity index (χ1) is 11.6. The number of aryl methyl sites for hydroxylation is 1. The maximum atomic E-state index is 12.6. The van der Waals surface area contributed by atoms with E-state index in [2.05, 4.69) is 10.6 Å². The predicted molar refractivity (Wildman–Crippen MR) is 98.4 cm³/mol. The van der Waals surface area contributed by atoms with Crippen molar-refractivity contribution in [3.63, 3.8) is 0 Å². The largest absolute Gasteiger partial charge is 0.355 e. The van der Waals surface area contributed by atoms with Crippen LogP contribution in [0, 0.1) is 0 Å². The van der Waals surface area contributed by atoms with Gasteiger partial charge in [-0.05, 0) is 43.4 Å². The Morgan fingerprint density at radius 2 is 1.83 bits per heavy atom. The smallest absolute Gasteiger partial charge is 0.257 e. The molecule has 0 saturated carbocycles. The molecule has 4 nitrogen and oxygen atoms in total. The lowest BCUT2D eigenvalue weighted by atomic mass is 10.0. The van der Waals surface area contributed by atoms with Crippen LogP contribution in [0.15, 0.2) is 24.3 Å². The van der Waals surface area contributed by atoms with Gasteiger partial charge in [-0.3, -0.25) is 9.59 Å². The third kappa shape index (κ3) is 3.32. The second kappa shape index (κ2) is 7.36. The van der Waals surface area contributed by atoms with E-state index in [1.165, 1.54) is 22.6 Å². The van der Waals surface area contributed by atoms with Crippen molar-refractivity contribution >= 4 is 39.8 Å². The molecule has 6 heteroatoms. The summed E-state index contributed by atoms with van der Waals surface area (Å²) in [6, 6.07) is 6.90. The van der Waals surface area contributed by atoms with Gasteiger partial charge in [0, 0.05) is 11.9 Å². The van der Waals surface area contributed by atoms with E-state index in [4.69, 9.17) is 11.6 Å². The van der Waals surface area contributed by atoms with E-state index in [9.17, 15) is 9.59 Å². The summed E-state index contributed by atoms with van der Waals surface area (Å²) in [6.07, 6.45) is 5.22. The first kappa shape index (κ1) is 17.0. The molecule has 0 spiro atoms. The Kier molecular flexibility index (Phi) is 5.21. The molecule has 0 atom stereocenters. The zero-order valence-corrected chi connectivity index (χ0v) is 15.0. The molecule has 3 rings (SSSR count). The van der Waals surface area contributed by atoms with Crippen molar-refractivity contribution in [3.8, 4) is 0 Å². The number of nitrogens with one attached hydrogen (secondary N) is 2. The quantitative estimate of drug-likeness (QED) is 0.800. The van der Waals surface area contributed by atoms with Crippen molar-refractivity contribution in [2.24, 2.45) is 0 Å². The van der Waals surface area contributed by atoms with Crippen LogP contribution in [-0.4, -0.2) is 18.9 Å². The normalized spacial score (nSPS) is 13.8. The number of benzene rings is 1. The average Bonchev–Trinajstić information content (AvgIpc) is 2.75. The minimum atomic E-state index is -0.290. The van der Waals surface area contributed by atoms with Crippen molar-refractivity contribution in [2.75, 3.05) is 12.4 Å². The minimum Gasteiger partial charge on any atom is -0.355 e. The lowest BCUT2D eigenvalue weighted by Gasteiger charge is -2.08. The summed E-state index contributed by atoms with van der Waals surface area (Å²) in [4.78, 5) is 26.1. The van der Waals surface area contributed by atoms with Gasteiger partial charge in [-0.1, -0.05) is 30.2 Å². The van der Waals surface area contributed by atoms with Gasteiger partial charge in [0.25, 0.3) is 11.8 Å². The van der Waals surface area contributed by atoms with Gasteiger partial charge in [0.2, 0.25) is 0 Å². The van der Waals surface area contributed by atoms with Crippen molar-refractivity contribution in [1.82, 2.24) is 5.32 Å². The van der Waals surface area contributed by atoms with Gasteiger partial charge in [0.05, 0.1) is 16.1 Å². The maximum absolute atomic E-state index is 12.6. The number of rotatable bonds is 3. The number of halogens is 1. The summed E-state index contributed by atoms with van der Waals surface area (Å²) in [5, 5.41) is 6.60. The van der Waals surface area contributed by atoms with Gasteiger partial charge in [0.1, 0.15) is 5.00 Å². The number of hydrogen-bond acceptors (Lipinski definition) is 3. The van der Waals surface area contributed by atoms with E-state index in [0.29, 0.717) is 21.2 Å². The van der Waals surface area contributed by atoms with E-state index in [1.807, 2.05) is 0 Å². The maximum Gasteiger partial charge on any atom is 0.257 e. The fourth-order valence-electron chi connectivity index (χ4n) is 3.01. The van der Waals surface area contributed by atoms with Gasteiger partial charge >= 0.3 is 0 Å². The van der Waals surface area contributed by atoms with Crippen LogP contribution in [0.1, 0.15) is 50.4 Å². The molecule has 2 amide bonds. The highest BCUT2D eigenvalue weighted by Gasteiger charge is 2.25. The Morgan fingerprint density at radius 3 is 2.58 bits per heavy atom. The molecular formula is C18H19ClN2O2S. The van der Waals surface area contributed by atoms with Gasteiger partial charge in [0.15, 0.2) is 0 Å². The monoisotopic (exact) mass is 362 g/mol. The number of carbonyl (C=O) groups excluding carboxylic acids is 2. The van der Waals surface area contributed by atoms with Crippen LogP contribution in [0.4, 0.5) is 5.00 Å². The number of carbonyl (C=O) groups is 2. The summed E-state index contributed by atoms with van der Waals surface area (Å²) in [5.74, 6) is -0.439. The summed E-state index contributed by atoms with van der Waals surface area (Å²) >= 11 is 7.61. The summed E-state index contributed by atoms with van der Waals surface area (Å²) in [6.45, 7) is 0. The second-order valence-corrected chi connectivity index (χ2v) is 7.29. The number of hydrogen-bond donors (Lipinski definition) is 2. The minimum absolute atomic E-state index is 0.149. The van der Waals surface area contributed by atoms with Gasteiger partial charge in [-0.2, -0.15) is 0 Å². The molecule has 24 heavy (non-hydrogen) atoms. The second-order valence-electron chi connectivity index (χ2n) is 5.78. The molecule has 2 aromatic rings. The average molecular weight is 363 g/mol. The highest BCUT2D eigenvalue weighted by atomic mass is 35.5. The summed E-state index contributed by atoms with van der Waals surface area (Å²) in [5.41, 5.74) is 2.11. The predicted octanol–water partition coefficient (Wildman–Crippen LogP) is 4.28.